The number of rotatable bonds is 4. The van der Waals surface area contributed by atoms with Crippen molar-refractivity contribution in [3.05, 3.63) is 48.3 Å². The highest BCUT2D eigenvalue weighted by Gasteiger charge is 2.22. The van der Waals surface area contributed by atoms with Crippen LogP contribution in [0.4, 0.5) is 0 Å². The number of aliphatic hydroxyl groups is 1. The normalized spacial score (nSPS) is 14.6. The summed E-state index contributed by atoms with van der Waals surface area (Å²) >= 11 is 0. The minimum Gasteiger partial charge on any atom is -0.508 e. The molecule has 1 amide bonds. The number of phenols is 1. The molecule has 0 spiro atoms. The molecule has 142 valence electrons. The summed E-state index contributed by atoms with van der Waals surface area (Å²) in [6.07, 6.45) is 3.77. The summed E-state index contributed by atoms with van der Waals surface area (Å²) in [5.41, 5.74) is 1.06. The van der Waals surface area contributed by atoms with E-state index in [2.05, 4.69) is 25.1 Å². The van der Waals surface area contributed by atoms with Gasteiger partial charge in [0.15, 0.2) is 11.5 Å². The molecule has 1 aliphatic rings. The maximum absolute atomic E-state index is 11.9. The Morgan fingerprint density at radius 3 is 2.56 bits per heavy atom. The fourth-order valence-electron chi connectivity index (χ4n) is 2.32. The Balaban J connectivity index is 0.000000221. The maximum atomic E-state index is 11.9. The molecule has 1 saturated carbocycles. The molecule has 1 atom stereocenters. The van der Waals surface area contributed by atoms with Gasteiger partial charge in [-0.1, -0.05) is 5.16 Å². The van der Waals surface area contributed by atoms with E-state index in [9.17, 15) is 9.90 Å². The number of aromatic hydroxyl groups is 1. The molecule has 1 aromatic carbocycles. The molecule has 2 aromatic heterocycles. The van der Waals surface area contributed by atoms with Gasteiger partial charge in [0.1, 0.15) is 11.9 Å². The smallest absolute Gasteiger partial charge is 0.273 e. The summed E-state index contributed by atoms with van der Waals surface area (Å²) in [6.45, 7) is 1.56. The predicted molar refractivity (Wildman–Crippen MR) is 93.6 cm³/mol. The topological polar surface area (TPSA) is 135 Å². The van der Waals surface area contributed by atoms with Gasteiger partial charge in [-0.3, -0.25) is 4.79 Å². The number of aliphatic hydroxyl groups excluding tert-OH is 1. The Kier molecular flexibility index (Phi) is 5.82. The molecule has 4 rings (SSSR count). The van der Waals surface area contributed by atoms with E-state index in [-0.39, 0.29) is 29.3 Å². The highest BCUT2D eigenvalue weighted by atomic mass is 16.5. The molecule has 0 aliphatic heterocycles. The third kappa shape index (κ3) is 4.91. The lowest BCUT2D eigenvalue weighted by Gasteiger charge is -2.25. The van der Waals surface area contributed by atoms with Gasteiger partial charge >= 0.3 is 0 Å². The fourth-order valence-corrected chi connectivity index (χ4v) is 2.32. The van der Waals surface area contributed by atoms with E-state index in [4.69, 9.17) is 9.63 Å². The number of carbonyl (C=O) groups excluding carboxylic acids is 1. The zero-order chi connectivity index (χ0) is 19.2. The highest BCUT2D eigenvalue weighted by Crippen LogP contribution is 2.23. The monoisotopic (exact) mass is 372 g/mol. The van der Waals surface area contributed by atoms with E-state index >= 15 is 0 Å². The number of hydrogen-bond donors (Lipinski definition) is 3. The standard InChI is InChI=1S/C14H14N2O3.C4H6N2O2/c17-11-6-4-9(5-7-11)13-8-12(16-19-13)14(18)15-10-2-1-3-10;1-3(7)4-6-5-2-8-4/h4-8,10,17H,1-3H2,(H,15,18);2-3,7H,1H3. The first kappa shape index (κ1) is 18.6. The molecule has 0 radical (unpaired) electrons. The first-order valence-electron chi connectivity index (χ1n) is 8.54. The van der Waals surface area contributed by atoms with Gasteiger partial charge in [0.25, 0.3) is 5.91 Å². The Morgan fingerprint density at radius 1 is 1.30 bits per heavy atom. The summed E-state index contributed by atoms with van der Waals surface area (Å²) in [5.74, 6) is 0.758. The number of nitrogens with zero attached hydrogens (tertiary/aromatic N) is 3. The second-order valence-corrected chi connectivity index (χ2v) is 6.18. The van der Waals surface area contributed by atoms with Gasteiger partial charge in [0, 0.05) is 17.7 Å². The summed E-state index contributed by atoms with van der Waals surface area (Å²) < 4.78 is 9.78. The molecule has 27 heavy (non-hydrogen) atoms. The van der Waals surface area contributed by atoms with Crippen molar-refractivity contribution in [3.8, 4) is 17.1 Å². The van der Waals surface area contributed by atoms with Crippen LogP contribution in [0, 0.1) is 0 Å². The van der Waals surface area contributed by atoms with Crippen molar-refractivity contribution < 1.29 is 23.9 Å². The molecule has 1 unspecified atom stereocenters. The molecule has 2 heterocycles. The van der Waals surface area contributed by atoms with Gasteiger partial charge < -0.3 is 24.5 Å². The second kappa shape index (κ2) is 8.45. The third-order valence-electron chi connectivity index (χ3n) is 4.07. The highest BCUT2D eigenvalue weighted by molar-refractivity contribution is 5.93. The van der Waals surface area contributed by atoms with Crippen LogP contribution in [0.3, 0.4) is 0 Å². The van der Waals surface area contributed by atoms with E-state index < -0.39 is 6.10 Å². The van der Waals surface area contributed by atoms with E-state index in [0.29, 0.717) is 5.76 Å². The lowest BCUT2D eigenvalue weighted by molar-refractivity contribution is 0.0908. The number of benzene rings is 1. The largest absolute Gasteiger partial charge is 0.508 e. The minimum absolute atomic E-state index is 0.186. The molecule has 9 nitrogen and oxygen atoms in total. The van der Waals surface area contributed by atoms with Crippen molar-refractivity contribution in [1.29, 1.82) is 0 Å². The minimum atomic E-state index is -0.655. The third-order valence-corrected chi connectivity index (χ3v) is 4.07. The Bertz CT molecular complexity index is 854. The summed E-state index contributed by atoms with van der Waals surface area (Å²) in [6, 6.07) is 8.44. The zero-order valence-corrected chi connectivity index (χ0v) is 14.7. The van der Waals surface area contributed by atoms with Crippen molar-refractivity contribution >= 4 is 5.91 Å². The van der Waals surface area contributed by atoms with Gasteiger partial charge in [-0.2, -0.15) is 0 Å². The number of hydrogen-bond acceptors (Lipinski definition) is 8. The average molecular weight is 372 g/mol. The Labute approximate surface area is 155 Å². The van der Waals surface area contributed by atoms with E-state index in [1.54, 1.807) is 37.3 Å². The van der Waals surface area contributed by atoms with Crippen LogP contribution in [0.25, 0.3) is 11.3 Å². The van der Waals surface area contributed by atoms with E-state index in [1.165, 1.54) is 12.8 Å². The van der Waals surface area contributed by atoms with Gasteiger partial charge in [0.2, 0.25) is 12.3 Å². The van der Waals surface area contributed by atoms with Crippen LogP contribution < -0.4 is 5.32 Å². The first-order valence-corrected chi connectivity index (χ1v) is 8.54. The molecule has 3 N–H and O–H groups in total. The number of aromatic nitrogens is 3. The zero-order valence-electron chi connectivity index (χ0n) is 14.7. The Hall–Kier alpha value is -3.20. The summed E-state index contributed by atoms with van der Waals surface area (Å²) in [5, 5.41) is 31.4. The molecular formula is C18H20N4O5. The second-order valence-electron chi connectivity index (χ2n) is 6.18. The van der Waals surface area contributed by atoms with Crippen molar-refractivity contribution in [2.75, 3.05) is 0 Å². The SMILES string of the molecule is CC(O)c1nnco1.O=C(NC1CCC1)c1cc(-c2ccc(O)cc2)on1. The van der Waals surface area contributed by atoms with E-state index in [0.717, 1.165) is 18.4 Å². The maximum Gasteiger partial charge on any atom is 0.273 e. The molecular weight excluding hydrogens is 352 g/mol. The van der Waals surface area contributed by atoms with Gasteiger partial charge in [0.05, 0.1) is 0 Å². The fraction of sp³-hybridized carbons (Fsp3) is 0.333. The van der Waals surface area contributed by atoms with Crippen LogP contribution in [-0.2, 0) is 0 Å². The number of amides is 1. The van der Waals surface area contributed by atoms with Gasteiger partial charge in [-0.15, -0.1) is 10.2 Å². The van der Waals surface area contributed by atoms with Crippen LogP contribution in [0.2, 0.25) is 0 Å². The first-order chi connectivity index (χ1) is 13.0. The van der Waals surface area contributed by atoms with Crippen molar-refractivity contribution in [2.24, 2.45) is 0 Å². The van der Waals surface area contributed by atoms with Crippen LogP contribution in [0.15, 0.2) is 45.7 Å². The van der Waals surface area contributed by atoms with Gasteiger partial charge in [-0.05, 0) is 50.5 Å². The lowest BCUT2D eigenvalue weighted by atomic mass is 9.93. The van der Waals surface area contributed by atoms with Crippen molar-refractivity contribution in [2.45, 2.75) is 38.3 Å². The number of carbonyl (C=O) groups is 1. The number of nitrogens with one attached hydrogen (secondary N) is 1. The van der Waals surface area contributed by atoms with Crippen LogP contribution in [-0.4, -0.2) is 37.5 Å². The number of phenolic OH excluding ortho intramolecular Hbond substituents is 1. The molecule has 0 saturated heterocycles. The molecule has 1 fully saturated rings. The molecule has 3 aromatic rings. The summed E-state index contributed by atoms with van der Waals surface area (Å²) in [4.78, 5) is 11.9. The van der Waals surface area contributed by atoms with Crippen molar-refractivity contribution in [3.63, 3.8) is 0 Å². The lowest BCUT2D eigenvalue weighted by Crippen LogP contribution is -2.39. The van der Waals surface area contributed by atoms with Crippen molar-refractivity contribution in [1.82, 2.24) is 20.7 Å². The summed E-state index contributed by atoms with van der Waals surface area (Å²) in [7, 11) is 0. The predicted octanol–water partition coefficient (Wildman–Crippen LogP) is 2.45. The molecule has 9 heteroatoms. The van der Waals surface area contributed by atoms with E-state index in [1.807, 2.05) is 0 Å². The van der Waals surface area contributed by atoms with Crippen LogP contribution >= 0.6 is 0 Å². The Morgan fingerprint density at radius 2 is 2.04 bits per heavy atom. The van der Waals surface area contributed by atoms with Gasteiger partial charge in [-0.25, -0.2) is 0 Å². The van der Waals surface area contributed by atoms with Crippen LogP contribution in [0.5, 0.6) is 5.75 Å². The molecule has 0 bridgehead atoms. The van der Waals surface area contributed by atoms with Crippen LogP contribution in [0.1, 0.15) is 48.7 Å². The molecule has 1 aliphatic carbocycles. The quantitative estimate of drug-likeness (QED) is 0.636. The average Bonchev–Trinajstić information content (AvgIpc) is 3.31.